The lowest BCUT2D eigenvalue weighted by Gasteiger charge is -2.31. The van der Waals surface area contributed by atoms with Crippen molar-refractivity contribution in [3.8, 4) is 0 Å². The third-order valence-corrected chi connectivity index (χ3v) is 3.54. The van der Waals surface area contributed by atoms with Gasteiger partial charge in [0.1, 0.15) is 6.20 Å². The number of rotatable bonds is 2. The number of piperidine rings is 1. The molecule has 98 valence electrons. The lowest BCUT2D eigenvalue weighted by molar-refractivity contribution is -0.384. The van der Waals surface area contributed by atoms with Gasteiger partial charge in [0.15, 0.2) is 0 Å². The Labute approximate surface area is 108 Å². The largest absolute Gasteiger partial charge is 0.343 e. The van der Waals surface area contributed by atoms with E-state index in [1.54, 1.807) is 4.90 Å². The third-order valence-electron chi connectivity index (χ3n) is 3.17. The van der Waals surface area contributed by atoms with Gasteiger partial charge in [0.25, 0.3) is 0 Å². The molecule has 1 aliphatic heterocycles. The van der Waals surface area contributed by atoms with Gasteiger partial charge in [-0.1, -0.05) is 11.6 Å². The number of amides is 1. The molecule has 0 atom stereocenters. The van der Waals surface area contributed by atoms with Gasteiger partial charge in [-0.05, 0) is 12.8 Å². The second kappa shape index (κ2) is 4.93. The van der Waals surface area contributed by atoms with E-state index in [0.29, 0.717) is 25.9 Å². The Balaban J connectivity index is 2.10. The first-order valence-electron chi connectivity index (χ1n) is 5.63. The van der Waals surface area contributed by atoms with Crippen LogP contribution in [0, 0.1) is 10.1 Å². The van der Waals surface area contributed by atoms with Crippen molar-refractivity contribution in [3.05, 3.63) is 21.5 Å². The topological polar surface area (TPSA) is 81.3 Å². The average Bonchev–Trinajstić information content (AvgIpc) is 2.71. The number of hydrogen-bond acceptors (Lipinski definition) is 4. The molecular weight excluding hydrogens is 260 g/mol. The number of likely N-dealkylation sites (tertiary alicyclic amines) is 1. The molecule has 1 aliphatic rings. The Morgan fingerprint density at radius 2 is 2.17 bits per heavy atom. The van der Waals surface area contributed by atoms with Gasteiger partial charge in [0, 0.05) is 20.0 Å². The number of aromatic nitrogens is 2. The fourth-order valence-electron chi connectivity index (χ4n) is 2.14. The molecule has 1 aromatic heterocycles. The Bertz CT molecular complexity index is 479. The number of hydrogen-bond donors (Lipinski definition) is 0. The minimum atomic E-state index is -0.545. The average molecular weight is 273 g/mol. The Morgan fingerprint density at radius 1 is 1.56 bits per heavy atom. The van der Waals surface area contributed by atoms with Gasteiger partial charge >= 0.3 is 5.69 Å². The summed E-state index contributed by atoms with van der Waals surface area (Å²) in [5, 5.41) is 14.7. The van der Waals surface area contributed by atoms with Crippen molar-refractivity contribution in [1.82, 2.24) is 14.7 Å². The number of halogens is 1. The molecule has 7 nitrogen and oxygen atoms in total. The van der Waals surface area contributed by atoms with Crippen LogP contribution in [0.1, 0.15) is 25.8 Å². The molecule has 1 fully saturated rings. The van der Waals surface area contributed by atoms with Crippen molar-refractivity contribution >= 4 is 23.2 Å². The van der Waals surface area contributed by atoms with Crippen LogP contribution in [0.5, 0.6) is 0 Å². The number of nitrogens with zero attached hydrogens (tertiary/aromatic N) is 4. The molecule has 0 unspecified atom stereocenters. The van der Waals surface area contributed by atoms with Crippen LogP contribution in [0.3, 0.4) is 0 Å². The van der Waals surface area contributed by atoms with Gasteiger partial charge in [-0.3, -0.25) is 14.9 Å². The van der Waals surface area contributed by atoms with Crippen LogP contribution in [0.25, 0.3) is 0 Å². The van der Waals surface area contributed by atoms with Crippen LogP contribution in [0.15, 0.2) is 6.20 Å². The van der Waals surface area contributed by atoms with Crippen LogP contribution in [-0.4, -0.2) is 38.6 Å². The van der Waals surface area contributed by atoms with Gasteiger partial charge in [0.2, 0.25) is 11.1 Å². The van der Waals surface area contributed by atoms with Crippen LogP contribution >= 0.6 is 11.6 Å². The molecule has 2 rings (SSSR count). The zero-order chi connectivity index (χ0) is 13.3. The third kappa shape index (κ3) is 2.31. The van der Waals surface area contributed by atoms with Crippen molar-refractivity contribution in [2.24, 2.45) is 0 Å². The summed E-state index contributed by atoms with van der Waals surface area (Å²) in [6, 6.07) is 0.0156. The van der Waals surface area contributed by atoms with Crippen LogP contribution in [0.4, 0.5) is 5.69 Å². The number of carbonyl (C=O) groups is 1. The predicted molar refractivity (Wildman–Crippen MR) is 64.4 cm³/mol. The fourth-order valence-corrected chi connectivity index (χ4v) is 2.44. The first-order chi connectivity index (χ1) is 8.50. The maximum atomic E-state index is 11.2. The summed E-state index contributed by atoms with van der Waals surface area (Å²) < 4.78 is 1.48. The second-order valence-corrected chi connectivity index (χ2v) is 4.62. The minimum absolute atomic E-state index is 0.0156. The van der Waals surface area contributed by atoms with E-state index in [0.717, 1.165) is 0 Å². The van der Waals surface area contributed by atoms with Crippen molar-refractivity contribution in [1.29, 1.82) is 0 Å². The van der Waals surface area contributed by atoms with E-state index >= 15 is 0 Å². The highest BCUT2D eigenvalue weighted by atomic mass is 35.5. The molecule has 0 saturated carbocycles. The molecule has 8 heteroatoms. The van der Waals surface area contributed by atoms with E-state index in [9.17, 15) is 14.9 Å². The SMILES string of the molecule is CC(=O)N1CCC(n2ncc([N+](=O)[O-])c2Cl)CC1. The minimum Gasteiger partial charge on any atom is -0.343 e. The van der Waals surface area contributed by atoms with Gasteiger partial charge in [-0.2, -0.15) is 5.10 Å². The van der Waals surface area contributed by atoms with E-state index < -0.39 is 4.92 Å². The molecule has 2 heterocycles. The number of nitro groups is 1. The Hall–Kier alpha value is -1.63. The van der Waals surface area contributed by atoms with E-state index in [4.69, 9.17) is 11.6 Å². The quantitative estimate of drug-likeness (QED) is 0.605. The lowest BCUT2D eigenvalue weighted by Crippen LogP contribution is -2.37. The molecular formula is C10H13ClN4O3. The monoisotopic (exact) mass is 272 g/mol. The molecule has 0 radical (unpaired) electrons. The van der Waals surface area contributed by atoms with E-state index in [-0.39, 0.29) is 22.8 Å². The standard InChI is InChI=1S/C10H13ClN4O3/c1-7(16)13-4-2-8(3-5-13)14-10(11)9(6-12-14)15(17)18/h6,8H,2-5H2,1H3. The summed E-state index contributed by atoms with van der Waals surface area (Å²) in [4.78, 5) is 23.1. The van der Waals surface area contributed by atoms with Gasteiger partial charge < -0.3 is 4.90 Å². The van der Waals surface area contributed by atoms with Crippen LogP contribution < -0.4 is 0 Å². The predicted octanol–water partition coefficient (Wildman–Crippen LogP) is 1.63. The summed E-state index contributed by atoms with van der Waals surface area (Å²) in [5.74, 6) is 0.0472. The first-order valence-corrected chi connectivity index (χ1v) is 6.01. The summed E-state index contributed by atoms with van der Waals surface area (Å²) in [7, 11) is 0. The van der Waals surface area contributed by atoms with Gasteiger partial charge in [0.05, 0.1) is 11.0 Å². The number of carbonyl (C=O) groups excluding carboxylic acids is 1. The van der Waals surface area contributed by atoms with Crippen molar-refractivity contribution in [2.45, 2.75) is 25.8 Å². The Morgan fingerprint density at radius 3 is 2.61 bits per heavy atom. The zero-order valence-corrected chi connectivity index (χ0v) is 10.6. The van der Waals surface area contributed by atoms with Crippen molar-refractivity contribution in [3.63, 3.8) is 0 Å². The summed E-state index contributed by atoms with van der Waals surface area (Å²) in [5.41, 5.74) is -0.175. The molecule has 0 aliphatic carbocycles. The van der Waals surface area contributed by atoms with E-state index in [2.05, 4.69) is 5.10 Å². The van der Waals surface area contributed by atoms with Crippen molar-refractivity contribution in [2.75, 3.05) is 13.1 Å². The summed E-state index contributed by atoms with van der Waals surface area (Å²) in [6.45, 7) is 2.79. The molecule has 0 bridgehead atoms. The molecule has 0 N–H and O–H groups in total. The lowest BCUT2D eigenvalue weighted by atomic mass is 10.1. The fraction of sp³-hybridized carbons (Fsp3) is 0.600. The maximum Gasteiger partial charge on any atom is 0.325 e. The highest BCUT2D eigenvalue weighted by Gasteiger charge is 2.27. The van der Waals surface area contributed by atoms with Gasteiger partial charge in [-0.15, -0.1) is 0 Å². The van der Waals surface area contributed by atoms with Crippen LogP contribution in [-0.2, 0) is 4.79 Å². The van der Waals surface area contributed by atoms with E-state index in [1.165, 1.54) is 17.8 Å². The molecule has 0 aromatic carbocycles. The van der Waals surface area contributed by atoms with Crippen LogP contribution in [0.2, 0.25) is 5.15 Å². The van der Waals surface area contributed by atoms with Crippen molar-refractivity contribution < 1.29 is 9.72 Å². The molecule has 0 spiro atoms. The smallest absolute Gasteiger partial charge is 0.325 e. The maximum absolute atomic E-state index is 11.2. The summed E-state index contributed by atoms with van der Waals surface area (Å²) >= 11 is 5.93. The summed E-state index contributed by atoms with van der Waals surface area (Å²) in [6.07, 6.45) is 2.58. The van der Waals surface area contributed by atoms with E-state index in [1.807, 2.05) is 0 Å². The molecule has 1 amide bonds. The first kappa shape index (κ1) is 12.8. The zero-order valence-electron chi connectivity index (χ0n) is 9.87. The highest BCUT2D eigenvalue weighted by Crippen LogP contribution is 2.30. The molecule has 1 saturated heterocycles. The Kier molecular flexibility index (Phi) is 3.51. The highest BCUT2D eigenvalue weighted by molar-refractivity contribution is 6.31. The second-order valence-electron chi connectivity index (χ2n) is 4.26. The molecule has 1 aromatic rings. The van der Waals surface area contributed by atoms with Gasteiger partial charge in [-0.25, -0.2) is 4.68 Å². The normalized spacial score (nSPS) is 16.9. The molecule has 18 heavy (non-hydrogen) atoms.